The first-order valence-corrected chi connectivity index (χ1v) is 11.2. The van der Waals surface area contributed by atoms with E-state index in [-0.39, 0.29) is 17.8 Å². The lowest BCUT2D eigenvalue weighted by Gasteiger charge is -2.22. The van der Waals surface area contributed by atoms with Crippen LogP contribution in [0.5, 0.6) is 0 Å². The lowest BCUT2D eigenvalue weighted by molar-refractivity contribution is -0.162. The van der Waals surface area contributed by atoms with Gasteiger partial charge in [0.25, 0.3) is 10.1 Å². The van der Waals surface area contributed by atoms with Crippen molar-refractivity contribution in [3.8, 4) is 0 Å². The van der Waals surface area contributed by atoms with Crippen LogP contribution in [0.25, 0.3) is 0 Å². The third-order valence-electron chi connectivity index (χ3n) is 4.53. The molecule has 5 nitrogen and oxygen atoms in total. The Bertz CT molecular complexity index is 591. The van der Waals surface area contributed by atoms with Crippen LogP contribution in [-0.4, -0.2) is 34.5 Å². The SMILES string of the molecule is Cc1ccc(S(=O)(=O)OCCCCCCCCOC2CCCCO2)cc1. The fourth-order valence-corrected chi connectivity index (χ4v) is 3.85. The summed E-state index contributed by atoms with van der Waals surface area (Å²) < 4.78 is 40.4. The number of rotatable bonds is 12. The summed E-state index contributed by atoms with van der Waals surface area (Å²) >= 11 is 0. The highest BCUT2D eigenvalue weighted by Crippen LogP contribution is 2.16. The molecule has 0 N–H and O–H groups in total. The number of aryl methyl sites for hydroxylation is 1. The van der Waals surface area contributed by atoms with E-state index in [1.165, 1.54) is 6.42 Å². The van der Waals surface area contributed by atoms with Crippen LogP contribution in [0.3, 0.4) is 0 Å². The van der Waals surface area contributed by atoms with Crippen molar-refractivity contribution >= 4 is 10.1 Å². The Balaban J connectivity index is 1.44. The molecule has 1 saturated heterocycles. The molecular formula is C20H32O5S. The molecule has 26 heavy (non-hydrogen) atoms. The molecule has 0 spiro atoms. The molecule has 1 unspecified atom stereocenters. The first-order valence-electron chi connectivity index (χ1n) is 9.77. The number of hydrogen-bond donors (Lipinski definition) is 0. The molecule has 2 rings (SSSR count). The van der Waals surface area contributed by atoms with Gasteiger partial charge in [-0.25, -0.2) is 0 Å². The molecule has 148 valence electrons. The summed E-state index contributed by atoms with van der Waals surface area (Å²) in [5.41, 5.74) is 1.03. The van der Waals surface area contributed by atoms with Gasteiger partial charge in [0.1, 0.15) is 0 Å². The Morgan fingerprint density at radius 3 is 2.27 bits per heavy atom. The molecule has 1 aliphatic rings. The van der Waals surface area contributed by atoms with Gasteiger partial charge in [-0.15, -0.1) is 0 Å². The maximum Gasteiger partial charge on any atom is 0.296 e. The Morgan fingerprint density at radius 1 is 0.962 bits per heavy atom. The van der Waals surface area contributed by atoms with Crippen LogP contribution in [0.15, 0.2) is 29.2 Å². The monoisotopic (exact) mass is 384 g/mol. The highest BCUT2D eigenvalue weighted by molar-refractivity contribution is 7.86. The van der Waals surface area contributed by atoms with Crippen molar-refractivity contribution in [1.29, 1.82) is 0 Å². The van der Waals surface area contributed by atoms with Gasteiger partial charge in [-0.1, -0.05) is 43.4 Å². The fraction of sp³-hybridized carbons (Fsp3) is 0.700. The maximum absolute atomic E-state index is 12.0. The summed E-state index contributed by atoms with van der Waals surface area (Å²) in [6, 6.07) is 6.73. The van der Waals surface area contributed by atoms with Crippen molar-refractivity contribution in [2.24, 2.45) is 0 Å². The second-order valence-electron chi connectivity index (χ2n) is 6.88. The molecule has 0 radical (unpaired) electrons. The zero-order valence-electron chi connectivity index (χ0n) is 15.8. The molecule has 6 heteroatoms. The molecule has 1 aromatic rings. The van der Waals surface area contributed by atoms with Crippen LogP contribution < -0.4 is 0 Å². The summed E-state index contributed by atoms with van der Waals surface area (Å²) in [7, 11) is -3.62. The molecule has 0 amide bonds. The standard InChI is InChI=1S/C20H32O5S/c1-18-11-13-19(14-12-18)26(21,22)25-17-8-5-3-2-4-7-15-23-20-10-6-9-16-24-20/h11-14,20H,2-10,15-17H2,1H3. The Morgan fingerprint density at radius 2 is 1.62 bits per heavy atom. The molecule has 0 saturated carbocycles. The van der Waals surface area contributed by atoms with Gasteiger partial charge in [0.15, 0.2) is 6.29 Å². The minimum atomic E-state index is -3.62. The van der Waals surface area contributed by atoms with E-state index in [1.807, 2.05) is 6.92 Å². The van der Waals surface area contributed by atoms with Gasteiger partial charge in [-0.2, -0.15) is 8.42 Å². The second kappa shape index (κ2) is 11.7. The van der Waals surface area contributed by atoms with Crippen molar-refractivity contribution in [2.45, 2.75) is 75.9 Å². The van der Waals surface area contributed by atoms with Crippen LogP contribution in [0, 0.1) is 6.92 Å². The van der Waals surface area contributed by atoms with Crippen LogP contribution in [0.1, 0.15) is 63.4 Å². The molecular weight excluding hydrogens is 352 g/mol. The number of benzene rings is 1. The largest absolute Gasteiger partial charge is 0.353 e. The van der Waals surface area contributed by atoms with E-state index >= 15 is 0 Å². The number of ether oxygens (including phenoxy) is 2. The normalized spacial score (nSPS) is 18.1. The average Bonchev–Trinajstić information content (AvgIpc) is 2.64. The first kappa shape index (κ1) is 21.4. The fourth-order valence-electron chi connectivity index (χ4n) is 2.91. The minimum Gasteiger partial charge on any atom is -0.353 e. The molecule has 0 bridgehead atoms. The van der Waals surface area contributed by atoms with Crippen molar-refractivity contribution in [2.75, 3.05) is 19.8 Å². The summed E-state index contributed by atoms with van der Waals surface area (Å²) in [4.78, 5) is 0.227. The second-order valence-corrected chi connectivity index (χ2v) is 8.49. The third kappa shape index (κ3) is 8.16. The molecule has 0 aliphatic carbocycles. The summed E-state index contributed by atoms with van der Waals surface area (Å²) in [5, 5.41) is 0. The zero-order valence-corrected chi connectivity index (χ0v) is 16.6. The van der Waals surface area contributed by atoms with E-state index in [4.69, 9.17) is 13.7 Å². The summed E-state index contributed by atoms with van der Waals surface area (Å²) in [6.45, 7) is 3.76. The third-order valence-corrected chi connectivity index (χ3v) is 5.85. The highest BCUT2D eigenvalue weighted by Gasteiger charge is 2.14. The van der Waals surface area contributed by atoms with E-state index in [9.17, 15) is 8.42 Å². The summed E-state index contributed by atoms with van der Waals surface area (Å²) in [6.07, 6.45) is 9.54. The first-order chi connectivity index (χ1) is 12.6. The van der Waals surface area contributed by atoms with Crippen molar-refractivity contribution in [3.63, 3.8) is 0 Å². The van der Waals surface area contributed by atoms with Crippen LogP contribution in [0.2, 0.25) is 0 Å². The van der Waals surface area contributed by atoms with Crippen molar-refractivity contribution < 1.29 is 22.1 Å². The van der Waals surface area contributed by atoms with Gasteiger partial charge in [-0.05, 0) is 51.2 Å². The average molecular weight is 385 g/mol. The van der Waals surface area contributed by atoms with E-state index in [2.05, 4.69) is 0 Å². The molecule has 1 aliphatic heterocycles. The van der Waals surface area contributed by atoms with Gasteiger partial charge >= 0.3 is 0 Å². The molecule has 1 heterocycles. The molecule has 0 aromatic heterocycles. The molecule has 1 aromatic carbocycles. The van der Waals surface area contributed by atoms with Gasteiger partial charge < -0.3 is 9.47 Å². The van der Waals surface area contributed by atoms with Gasteiger partial charge in [0.2, 0.25) is 0 Å². The summed E-state index contributed by atoms with van der Waals surface area (Å²) in [5.74, 6) is 0. The van der Waals surface area contributed by atoms with Gasteiger partial charge in [0.05, 0.1) is 11.5 Å². The smallest absolute Gasteiger partial charge is 0.296 e. The van der Waals surface area contributed by atoms with Crippen LogP contribution in [0.4, 0.5) is 0 Å². The highest BCUT2D eigenvalue weighted by atomic mass is 32.2. The van der Waals surface area contributed by atoms with E-state index in [1.54, 1.807) is 24.3 Å². The molecule has 1 fully saturated rings. The van der Waals surface area contributed by atoms with E-state index < -0.39 is 10.1 Å². The van der Waals surface area contributed by atoms with E-state index in [0.717, 1.165) is 70.1 Å². The Labute approximate surface area is 158 Å². The van der Waals surface area contributed by atoms with Crippen LogP contribution in [-0.2, 0) is 23.8 Å². The topological polar surface area (TPSA) is 61.8 Å². The van der Waals surface area contributed by atoms with Crippen LogP contribution >= 0.6 is 0 Å². The minimum absolute atomic E-state index is 0.0105. The quantitative estimate of drug-likeness (QED) is 0.390. The molecule has 1 atom stereocenters. The lowest BCUT2D eigenvalue weighted by Crippen LogP contribution is -2.22. The van der Waals surface area contributed by atoms with Gasteiger partial charge in [0, 0.05) is 13.2 Å². The predicted molar refractivity (Wildman–Crippen MR) is 102 cm³/mol. The number of unbranched alkanes of at least 4 members (excludes halogenated alkanes) is 5. The lowest BCUT2D eigenvalue weighted by atomic mass is 10.1. The maximum atomic E-state index is 12.0. The Kier molecular flexibility index (Phi) is 9.61. The number of hydrogen-bond acceptors (Lipinski definition) is 5. The van der Waals surface area contributed by atoms with Crippen molar-refractivity contribution in [1.82, 2.24) is 0 Å². The van der Waals surface area contributed by atoms with Crippen molar-refractivity contribution in [3.05, 3.63) is 29.8 Å². The van der Waals surface area contributed by atoms with E-state index in [0.29, 0.717) is 0 Å². The predicted octanol–water partition coefficient (Wildman–Crippen LogP) is 4.58. The zero-order chi connectivity index (χ0) is 18.7. The van der Waals surface area contributed by atoms with Gasteiger partial charge in [-0.3, -0.25) is 4.18 Å². The Hall–Kier alpha value is -0.950.